The number of carboxylic acid groups (broad SMARTS) is 1. The van der Waals surface area contributed by atoms with Crippen molar-refractivity contribution in [2.75, 3.05) is 0 Å². The van der Waals surface area contributed by atoms with Crippen molar-refractivity contribution < 1.29 is 19.4 Å². The molecule has 0 spiro atoms. The summed E-state index contributed by atoms with van der Waals surface area (Å²) in [6.07, 6.45) is 0.0961. The predicted octanol–water partition coefficient (Wildman–Crippen LogP) is 1.59. The molecule has 0 saturated carbocycles. The molecule has 4 heteroatoms. The Balaban J connectivity index is 2.84. The number of halogens is 1. The van der Waals surface area contributed by atoms with E-state index in [1.165, 1.54) is 24.3 Å². The Morgan fingerprint density at radius 3 is 2.33 bits per heavy atom. The molecule has 0 heterocycles. The molecule has 0 amide bonds. The van der Waals surface area contributed by atoms with Gasteiger partial charge in [0.15, 0.2) is 5.60 Å². The minimum Gasteiger partial charge on any atom is -0.479 e. The zero-order chi connectivity index (χ0) is 11.5. The van der Waals surface area contributed by atoms with E-state index in [9.17, 15) is 14.3 Å². The number of benzene rings is 1. The third-order valence-corrected chi connectivity index (χ3v) is 2.39. The van der Waals surface area contributed by atoms with Crippen molar-refractivity contribution in [2.24, 2.45) is 0 Å². The monoisotopic (exact) mass is 212 g/mol. The third kappa shape index (κ3) is 2.76. The van der Waals surface area contributed by atoms with E-state index in [2.05, 4.69) is 0 Å². The average Bonchev–Trinajstić information content (AvgIpc) is 2.21. The highest BCUT2D eigenvalue weighted by Gasteiger charge is 2.33. The summed E-state index contributed by atoms with van der Waals surface area (Å²) in [5, 5.41) is 18.6. The maximum Gasteiger partial charge on any atom is 0.336 e. The smallest absolute Gasteiger partial charge is 0.336 e. The lowest BCUT2D eigenvalue weighted by molar-refractivity contribution is -0.158. The maximum absolute atomic E-state index is 12.6. The van der Waals surface area contributed by atoms with Crippen LogP contribution in [0.4, 0.5) is 4.39 Å². The van der Waals surface area contributed by atoms with Gasteiger partial charge in [0.25, 0.3) is 0 Å². The molecule has 2 N–H and O–H groups in total. The van der Waals surface area contributed by atoms with Crippen LogP contribution in [0.25, 0.3) is 0 Å². The van der Waals surface area contributed by atoms with Crippen LogP contribution in [0.1, 0.15) is 18.9 Å². The lowest BCUT2D eigenvalue weighted by Crippen LogP contribution is -2.40. The molecule has 1 unspecified atom stereocenters. The van der Waals surface area contributed by atoms with Gasteiger partial charge in [-0.05, 0) is 24.1 Å². The second-order valence-corrected chi connectivity index (χ2v) is 3.49. The third-order valence-electron chi connectivity index (χ3n) is 2.39. The van der Waals surface area contributed by atoms with Crippen LogP contribution < -0.4 is 0 Å². The molecule has 0 saturated heterocycles. The molecule has 1 atom stereocenters. The minimum absolute atomic E-state index is 0.0148. The first-order valence-corrected chi connectivity index (χ1v) is 4.68. The van der Waals surface area contributed by atoms with Crippen molar-refractivity contribution in [3.63, 3.8) is 0 Å². The first-order valence-electron chi connectivity index (χ1n) is 4.68. The molecule has 0 aliphatic carbocycles. The van der Waals surface area contributed by atoms with Gasteiger partial charge in [0, 0.05) is 6.42 Å². The van der Waals surface area contributed by atoms with Gasteiger partial charge in [-0.15, -0.1) is 0 Å². The topological polar surface area (TPSA) is 57.5 Å². The maximum atomic E-state index is 12.6. The molecular formula is C11H13FO3. The van der Waals surface area contributed by atoms with E-state index in [0.29, 0.717) is 5.56 Å². The van der Waals surface area contributed by atoms with Crippen LogP contribution in [0.2, 0.25) is 0 Å². The second kappa shape index (κ2) is 4.40. The number of carbonyl (C=O) groups is 1. The van der Waals surface area contributed by atoms with E-state index in [0.717, 1.165) is 0 Å². The quantitative estimate of drug-likeness (QED) is 0.796. The molecule has 0 aliphatic rings. The van der Waals surface area contributed by atoms with Gasteiger partial charge in [-0.25, -0.2) is 9.18 Å². The van der Waals surface area contributed by atoms with Crippen LogP contribution >= 0.6 is 0 Å². The van der Waals surface area contributed by atoms with Gasteiger partial charge in [0.2, 0.25) is 0 Å². The highest BCUT2D eigenvalue weighted by atomic mass is 19.1. The summed E-state index contributed by atoms with van der Waals surface area (Å²) >= 11 is 0. The van der Waals surface area contributed by atoms with E-state index in [1.54, 1.807) is 6.92 Å². The van der Waals surface area contributed by atoms with Crippen molar-refractivity contribution in [2.45, 2.75) is 25.4 Å². The zero-order valence-electron chi connectivity index (χ0n) is 8.40. The van der Waals surface area contributed by atoms with Crippen LogP contribution in [0.3, 0.4) is 0 Å². The first kappa shape index (κ1) is 11.7. The summed E-state index contributed by atoms with van der Waals surface area (Å²) in [7, 11) is 0. The van der Waals surface area contributed by atoms with Crippen molar-refractivity contribution in [1.29, 1.82) is 0 Å². The van der Waals surface area contributed by atoms with Crippen LogP contribution in [-0.4, -0.2) is 21.8 Å². The van der Waals surface area contributed by atoms with Crippen LogP contribution in [0, 0.1) is 5.82 Å². The fourth-order valence-electron chi connectivity index (χ4n) is 1.29. The first-order chi connectivity index (χ1) is 6.98. The van der Waals surface area contributed by atoms with E-state index in [1.807, 2.05) is 0 Å². The lowest BCUT2D eigenvalue weighted by atomic mass is 9.92. The Morgan fingerprint density at radius 1 is 1.40 bits per heavy atom. The zero-order valence-corrected chi connectivity index (χ0v) is 8.40. The standard InChI is InChI=1S/C11H13FO3/c1-2-11(15,10(13)14)7-8-3-5-9(12)6-4-8/h3-6,15H,2,7H2,1H3,(H,13,14). The summed E-state index contributed by atoms with van der Waals surface area (Å²) < 4.78 is 12.6. The summed E-state index contributed by atoms with van der Waals surface area (Å²) in [6, 6.07) is 5.43. The fourth-order valence-corrected chi connectivity index (χ4v) is 1.29. The Hall–Kier alpha value is -1.42. The Bertz CT molecular complexity index is 347. The summed E-state index contributed by atoms with van der Waals surface area (Å²) in [6.45, 7) is 1.59. The number of hydrogen-bond acceptors (Lipinski definition) is 2. The molecular weight excluding hydrogens is 199 g/mol. The lowest BCUT2D eigenvalue weighted by Gasteiger charge is -2.21. The number of aliphatic hydroxyl groups is 1. The summed E-state index contributed by atoms with van der Waals surface area (Å²) in [4.78, 5) is 10.8. The van der Waals surface area contributed by atoms with Crippen molar-refractivity contribution >= 4 is 5.97 Å². The molecule has 15 heavy (non-hydrogen) atoms. The molecule has 82 valence electrons. The van der Waals surface area contributed by atoms with Gasteiger partial charge in [0.1, 0.15) is 5.82 Å². The van der Waals surface area contributed by atoms with Gasteiger partial charge in [-0.3, -0.25) is 0 Å². The average molecular weight is 212 g/mol. The van der Waals surface area contributed by atoms with Gasteiger partial charge in [-0.2, -0.15) is 0 Å². The molecule has 3 nitrogen and oxygen atoms in total. The Morgan fingerprint density at radius 2 is 1.93 bits per heavy atom. The SMILES string of the molecule is CCC(O)(Cc1ccc(F)cc1)C(=O)O. The Kier molecular flexibility index (Phi) is 3.42. The van der Waals surface area contributed by atoms with Gasteiger partial charge < -0.3 is 10.2 Å². The highest BCUT2D eigenvalue weighted by molar-refractivity contribution is 5.77. The van der Waals surface area contributed by atoms with Crippen LogP contribution in [0.15, 0.2) is 24.3 Å². The molecule has 0 aromatic heterocycles. The summed E-state index contributed by atoms with van der Waals surface area (Å²) in [5.41, 5.74) is -1.17. The number of rotatable bonds is 4. The minimum atomic E-state index is -1.77. The van der Waals surface area contributed by atoms with Gasteiger partial charge >= 0.3 is 5.97 Å². The fraction of sp³-hybridized carbons (Fsp3) is 0.364. The number of carboxylic acids is 1. The summed E-state index contributed by atoms with van der Waals surface area (Å²) in [5.74, 6) is -1.64. The van der Waals surface area contributed by atoms with Crippen molar-refractivity contribution in [3.8, 4) is 0 Å². The van der Waals surface area contributed by atoms with Crippen molar-refractivity contribution in [3.05, 3.63) is 35.6 Å². The van der Waals surface area contributed by atoms with E-state index < -0.39 is 11.6 Å². The van der Waals surface area contributed by atoms with Crippen molar-refractivity contribution in [1.82, 2.24) is 0 Å². The van der Waals surface area contributed by atoms with E-state index >= 15 is 0 Å². The van der Waals surface area contributed by atoms with Crippen LogP contribution in [0.5, 0.6) is 0 Å². The van der Waals surface area contributed by atoms with Gasteiger partial charge in [0.05, 0.1) is 0 Å². The molecule has 0 aliphatic heterocycles. The molecule has 0 radical (unpaired) electrons. The second-order valence-electron chi connectivity index (χ2n) is 3.49. The largest absolute Gasteiger partial charge is 0.479 e. The van der Waals surface area contributed by atoms with Gasteiger partial charge in [-0.1, -0.05) is 19.1 Å². The predicted molar refractivity (Wildman–Crippen MR) is 53.0 cm³/mol. The van der Waals surface area contributed by atoms with E-state index in [-0.39, 0.29) is 18.7 Å². The van der Waals surface area contributed by atoms with Crippen LogP contribution in [-0.2, 0) is 11.2 Å². The number of hydrogen-bond donors (Lipinski definition) is 2. The number of aliphatic carboxylic acids is 1. The molecule has 1 aromatic carbocycles. The molecule has 0 bridgehead atoms. The molecule has 0 fully saturated rings. The molecule has 1 rings (SSSR count). The van der Waals surface area contributed by atoms with E-state index in [4.69, 9.17) is 5.11 Å². The normalized spacial score (nSPS) is 14.6. The molecule has 1 aromatic rings. The highest BCUT2D eigenvalue weighted by Crippen LogP contribution is 2.18. The Labute approximate surface area is 87.2 Å².